The van der Waals surface area contributed by atoms with Crippen LogP contribution in [0.25, 0.3) is 5.13 Å². The van der Waals surface area contributed by atoms with E-state index in [0.717, 1.165) is 48.0 Å². The van der Waals surface area contributed by atoms with Gasteiger partial charge in [0, 0.05) is 36.8 Å². The number of carbonyl (C=O) groups is 1. The van der Waals surface area contributed by atoms with Gasteiger partial charge in [-0.1, -0.05) is 30.4 Å². The third-order valence-electron chi connectivity index (χ3n) is 4.80. The lowest BCUT2D eigenvalue weighted by atomic mass is 10.3. The lowest BCUT2D eigenvalue weighted by Gasteiger charge is -2.33. The Morgan fingerprint density at radius 3 is 2.61 bits per heavy atom. The van der Waals surface area contributed by atoms with Gasteiger partial charge in [-0.15, -0.1) is 10.2 Å². The lowest BCUT2D eigenvalue weighted by Crippen LogP contribution is -2.46. The molecule has 1 amide bonds. The number of anilines is 2. The molecular formula is C19H21BrN6OS. The zero-order valence-corrected chi connectivity index (χ0v) is 17.9. The molecule has 0 spiro atoms. The number of aromatic nitrogens is 3. The van der Waals surface area contributed by atoms with Crippen LogP contribution in [-0.2, 0) is 0 Å². The second-order valence-electron chi connectivity index (χ2n) is 6.49. The highest BCUT2D eigenvalue weighted by Crippen LogP contribution is 2.26. The standard InChI is InChI=1S/C19H21BrN6OS/c1-2-24-10-12-25(13-11-24)18-22-23-19(28-18)26-9-5-8-16(26)17(27)21-15-7-4-3-6-14(15)20/h3-9H,2,10-13H2,1H3,(H,21,27). The summed E-state index contributed by atoms with van der Waals surface area (Å²) < 4.78 is 2.63. The molecule has 3 heterocycles. The van der Waals surface area contributed by atoms with E-state index in [1.165, 1.54) is 11.3 Å². The average molecular weight is 461 g/mol. The molecule has 7 nitrogen and oxygen atoms in total. The van der Waals surface area contributed by atoms with Crippen LogP contribution in [0.15, 0.2) is 47.1 Å². The summed E-state index contributed by atoms with van der Waals surface area (Å²) in [5.74, 6) is -0.190. The molecule has 0 unspecified atom stereocenters. The first-order chi connectivity index (χ1) is 13.7. The Balaban J connectivity index is 1.51. The van der Waals surface area contributed by atoms with Crippen LogP contribution in [0.5, 0.6) is 0 Å². The first-order valence-corrected chi connectivity index (χ1v) is 10.8. The molecule has 4 rings (SSSR count). The fraction of sp³-hybridized carbons (Fsp3) is 0.316. The van der Waals surface area contributed by atoms with Crippen LogP contribution in [0.2, 0.25) is 0 Å². The van der Waals surface area contributed by atoms with Gasteiger partial charge in [0.05, 0.1) is 5.69 Å². The summed E-state index contributed by atoms with van der Waals surface area (Å²) in [5.41, 5.74) is 1.25. The molecule has 2 aromatic heterocycles. The maximum absolute atomic E-state index is 12.8. The number of likely N-dealkylation sites (N-methyl/N-ethyl adjacent to an activating group) is 1. The predicted molar refractivity (Wildman–Crippen MR) is 116 cm³/mol. The summed E-state index contributed by atoms with van der Waals surface area (Å²) in [4.78, 5) is 17.5. The molecule has 3 aromatic rings. The summed E-state index contributed by atoms with van der Waals surface area (Å²) in [6.45, 7) is 7.23. The highest BCUT2D eigenvalue weighted by Gasteiger charge is 2.21. The zero-order valence-electron chi connectivity index (χ0n) is 15.5. The van der Waals surface area contributed by atoms with Crippen molar-refractivity contribution in [1.29, 1.82) is 0 Å². The van der Waals surface area contributed by atoms with Gasteiger partial charge in [0.15, 0.2) is 0 Å². The molecule has 0 aliphatic carbocycles. The van der Waals surface area contributed by atoms with E-state index in [0.29, 0.717) is 10.8 Å². The van der Waals surface area contributed by atoms with Crippen LogP contribution in [0.3, 0.4) is 0 Å². The lowest BCUT2D eigenvalue weighted by molar-refractivity contribution is 0.102. The highest BCUT2D eigenvalue weighted by molar-refractivity contribution is 9.10. The van der Waals surface area contributed by atoms with Gasteiger partial charge in [0.1, 0.15) is 5.69 Å². The van der Waals surface area contributed by atoms with Gasteiger partial charge >= 0.3 is 0 Å². The van der Waals surface area contributed by atoms with Gasteiger partial charge in [-0.3, -0.25) is 9.36 Å². The third-order valence-corrected chi connectivity index (χ3v) is 6.48. The quantitative estimate of drug-likeness (QED) is 0.630. The van der Waals surface area contributed by atoms with Crippen molar-refractivity contribution in [2.75, 3.05) is 42.9 Å². The van der Waals surface area contributed by atoms with E-state index in [2.05, 4.69) is 48.2 Å². The molecule has 0 atom stereocenters. The Labute approximate surface area is 176 Å². The van der Waals surface area contributed by atoms with Crippen molar-refractivity contribution in [2.45, 2.75) is 6.92 Å². The van der Waals surface area contributed by atoms with Crippen molar-refractivity contribution in [1.82, 2.24) is 19.7 Å². The normalized spacial score (nSPS) is 15.0. The minimum Gasteiger partial charge on any atom is -0.344 e. The van der Waals surface area contributed by atoms with Gasteiger partial charge in [-0.25, -0.2) is 0 Å². The maximum atomic E-state index is 12.8. The monoisotopic (exact) mass is 460 g/mol. The third kappa shape index (κ3) is 3.96. The van der Waals surface area contributed by atoms with Gasteiger partial charge in [-0.05, 0) is 46.7 Å². The summed E-state index contributed by atoms with van der Waals surface area (Å²) in [6.07, 6.45) is 1.84. The summed E-state index contributed by atoms with van der Waals surface area (Å²) in [5, 5.41) is 13.2. The van der Waals surface area contributed by atoms with Crippen molar-refractivity contribution in [3.05, 3.63) is 52.8 Å². The minimum absolute atomic E-state index is 0.190. The SMILES string of the molecule is CCN1CCN(c2nnc(-n3cccc3C(=O)Nc3ccccc3Br)s2)CC1. The number of benzene rings is 1. The van der Waals surface area contributed by atoms with Gasteiger partial charge in [-0.2, -0.15) is 0 Å². The van der Waals surface area contributed by atoms with Gasteiger partial charge in [0.25, 0.3) is 5.91 Å². The number of carbonyl (C=O) groups excluding carboxylic acids is 1. The molecular weight excluding hydrogens is 440 g/mol. The smallest absolute Gasteiger partial charge is 0.272 e. The van der Waals surface area contributed by atoms with Crippen molar-refractivity contribution in [3.63, 3.8) is 0 Å². The van der Waals surface area contributed by atoms with Crippen molar-refractivity contribution < 1.29 is 4.79 Å². The van der Waals surface area contributed by atoms with E-state index >= 15 is 0 Å². The topological polar surface area (TPSA) is 66.3 Å². The number of halogens is 1. The molecule has 1 aromatic carbocycles. The van der Waals surface area contributed by atoms with Gasteiger partial charge in [0.2, 0.25) is 10.3 Å². The number of nitrogens with one attached hydrogen (secondary N) is 1. The fourth-order valence-electron chi connectivity index (χ4n) is 3.17. The van der Waals surface area contributed by atoms with Crippen LogP contribution in [-0.4, -0.2) is 58.3 Å². The number of amides is 1. The molecule has 28 heavy (non-hydrogen) atoms. The number of piperazine rings is 1. The molecule has 0 bridgehead atoms. The molecule has 0 saturated carbocycles. The molecule has 1 fully saturated rings. The Morgan fingerprint density at radius 2 is 1.86 bits per heavy atom. The van der Waals surface area contributed by atoms with Crippen LogP contribution >= 0.6 is 27.3 Å². The number of hydrogen-bond acceptors (Lipinski definition) is 6. The van der Waals surface area contributed by atoms with Crippen LogP contribution < -0.4 is 10.2 Å². The number of rotatable bonds is 5. The van der Waals surface area contributed by atoms with Crippen LogP contribution in [0, 0.1) is 0 Å². The molecule has 146 valence electrons. The molecule has 0 radical (unpaired) electrons. The number of hydrogen-bond donors (Lipinski definition) is 1. The second kappa shape index (κ2) is 8.42. The van der Waals surface area contributed by atoms with E-state index in [4.69, 9.17) is 0 Å². The molecule has 1 saturated heterocycles. The van der Waals surface area contributed by atoms with E-state index < -0.39 is 0 Å². The Morgan fingerprint density at radius 1 is 1.11 bits per heavy atom. The summed E-state index contributed by atoms with van der Waals surface area (Å²) in [7, 11) is 0. The maximum Gasteiger partial charge on any atom is 0.272 e. The Bertz CT molecular complexity index is 963. The van der Waals surface area contributed by atoms with E-state index in [1.54, 1.807) is 10.6 Å². The predicted octanol–water partition coefficient (Wildman–Crippen LogP) is 3.49. The van der Waals surface area contributed by atoms with Crippen molar-refractivity contribution in [3.8, 4) is 5.13 Å². The van der Waals surface area contributed by atoms with E-state index in [-0.39, 0.29) is 5.91 Å². The highest BCUT2D eigenvalue weighted by atomic mass is 79.9. The van der Waals surface area contributed by atoms with E-state index in [9.17, 15) is 4.79 Å². The average Bonchev–Trinajstić information content (AvgIpc) is 3.39. The molecule has 9 heteroatoms. The van der Waals surface area contributed by atoms with Gasteiger partial charge < -0.3 is 15.1 Å². The molecule has 1 N–H and O–H groups in total. The Hall–Kier alpha value is -2.23. The van der Waals surface area contributed by atoms with Crippen LogP contribution in [0.4, 0.5) is 10.8 Å². The van der Waals surface area contributed by atoms with E-state index in [1.807, 2.05) is 36.5 Å². The largest absolute Gasteiger partial charge is 0.344 e. The Kier molecular flexibility index (Phi) is 5.74. The molecule has 1 aliphatic heterocycles. The summed E-state index contributed by atoms with van der Waals surface area (Å²) in [6, 6.07) is 11.2. The number of para-hydroxylation sites is 1. The summed E-state index contributed by atoms with van der Waals surface area (Å²) >= 11 is 4.96. The number of nitrogens with zero attached hydrogens (tertiary/aromatic N) is 5. The minimum atomic E-state index is -0.190. The van der Waals surface area contributed by atoms with Crippen LogP contribution in [0.1, 0.15) is 17.4 Å². The fourth-order valence-corrected chi connectivity index (χ4v) is 4.45. The zero-order chi connectivity index (χ0) is 19.5. The second-order valence-corrected chi connectivity index (χ2v) is 8.27. The first-order valence-electron chi connectivity index (χ1n) is 9.20. The first kappa shape index (κ1) is 19.1. The molecule has 1 aliphatic rings. The van der Waals surface area contributed by atoms with Crippen molar-refractivity contribution in [2.24, 2.45) is 0 Å². The van der Waals surface area contributed by atoms with Crippen molar-refractivity contribution >= 4 is 44.0 Å².